The molecule has 24 heavy (non-hydrogen) atoms. The van der Waals surface area contributed by atoms with Crippen molar-refractivity contribution in [2.45, 2.75) is 44.4 Å². The molecule has 0 saturated heterocycles. The van der Waals surface area contributed by atoms with Crippen molar-refractivity contribution in [1.82, 2.24) is 4.98 Å². The fourth-order valence-corrected chi connectivity index (χ4v) is 3.91. The number of pyridine rings is 1. The van der Waals surface area contributed by atoms with Crippen LogP contribution in [0.4, 0.5) is 0 Å². The molecule has 1 aromatic heterocycles. The monoisotopic (exact) mass is 336 g/mol. The Kier molecular flexibility index (Phi) is 4.47. The maximum atomic E-state index is 12.3. The molecular formula is C20H20N2OS. The summed E-state index contributed by atoms with van der Waals surface area (Å²) in [5.74, 6) is 0.860. The fraction of sp³-hybridized carbons (Fsp3) is 0.350. The van der Waals surface area contributed by atoms with Crippen molar-refractivity contribution >= 4 is 17.5 Å². The number of nitriles is 1. The molecule has 3 rings (SSSR count). The predicted molar refractivity (Wildman–Crippen MR) is 96.1 cm³/mol. The summed E-state index contributed by atoms with van der Waals surface area (Å²) in [6, 6.07) is 12.3. The molecule has 0 unspecified atom stereocenters. The molecule has 1 aliphatic rings. The average Bonchev–Trinajstić information content (AvgIpc) is 2.52. The van der Waals surface area contributed by atoms with Crippen LogP contribution in [-0.4, -0.2) is 10.8 Å². The molecular weight excluding hydrogens is 316 g/mol. The molecule has 1 aromatic carbocycles. The smallest absolute Gasteiger partial charge is 0.165 e. The van der Waals surface area contributed by atoms with Gasteiger partial charge in [-0.3, -0.25) is 4.79 Å². The van der Waals surface area contributed by atoms with Crippen molar-refractivity contribution < 1.29 is 4.79 Å². The van der Waals surface area contributed by atoms with E-state index < -0.39 is 0 Å². The minimum absolute atomic E-state index is 0.0653. The van der Waals surface area contributed by atoms with Crippen LogP contribution in [0.1, 0.15) is 53.0 Å². The summed E-state index contributed by atoms with van der Waals surface area (Å²) in [7, 11) is 0. The number of fused-ring (bicyclic) bond motifs is 1. The molecule has 0 aliphatic heterocycles. The highest BCUT2D eigenvalue weighted by Gasteiger charge is 2.32. The number of nitrogens with zero attached hydrogens (tertiary/aromatic N) is 2. The highest BCUT2D eigenvalue weighted by atomic mass is 32.2. The number of aromatic nitrogens is 1. The molecule has 0 fully saturated rings. The summed E-state index contributed by atoms with van der Waals surface area (Å²) < 4.78 is 0. The number of carbonyl (C=O) groups excluding carboxylic acids is 1. The van der Waals surface area contributed by atoms with E-state index in [9.17, 15) is 10.1 Å². The Labute approximate surface area is 147 Å². The molecule has 0 spiro atoms. The highest BCUT2D eigenvalue weighted by Crippen LogP contribution is 2.36. The van der Waals surface area contributed by atoms with Gasteiger partial charge < -0.3 is 0 Å². The number of hydrogen-bond donors (Lipinski definition) is 0. The minimum Gasteiger partial charge on any atom is -0.294 e. The number of thioether (sulfide) groups is 1. The van der Waals surface area contributed by atoms with Gasteiger partial charge in [-0.25, -0.2) is 4.98 Å². The Morgan fingerprint density at radius 3 is 2.62 bits per heavy atom. The van der Waals surface area contributed by atoms with E-state index in [1.165, 1.54) is 11.1 Å². The Morgan fingerprint density at radius 2 is 1.96 bits per heavy atom. The van der Waals surface area contributed by atoms with E-state index >= 15 is 0 Å². The van der Waals surface area contributed by atoms with Crippen molar-refractivity contribution in [3.05, 3.63) is 58.3 Å². The minimum atomic E-state index is -0.0653. The van der Waals surface area contributed by atoms with E-state index in [4.69, 9.17) is 0 Å². The molecule has 3 nitrogen and oxygen atoms in total. The lowest BCUT2D eigenvalue weighted by atomic mass is 9.75. The van der Waals surface area contributed by atoms with Crippen LogP contribution in [0.5, 0.6) is 0 Å². The summed E-state index contributed by atoms with van der Waals surface area (Å²) in [5.41, 5.74) is 4.33. The van der Waals surface area contributed by atoms with Crippen LogP contribution in [0.3, 0.4) is 0 Å². The van der Waals surface area contributed by atoms with E-state index in [2.05, 4.69) is 56.1 Å². The average molecular weight is 336 g/mol. The van der Waals surface area contributed by atoms with Crippen molar-refractivity contribution in [3.8, 4) is 6.07 Å². The standard InChI is InChI=1S/C20H20N2OS/c1-13-4-6-14(7-5-13)12-24-19-15(11-21)8-16-17(22-19)9-20(2,3)10-18(16)23/h4-8H,9-10,12H2,1-3H3. The van der Waals surface area contributed by atoms with E-state index in [-0.39, 0.29) is 11.2 Å². The van der Waals surface area contributed by atoms with E-state index in [0.717, 1.165) is 22.9 Å². The molecule has 0 bridgehead atoms. The van der Waals surface area contributed by atoms with Crippen LogP contribution >= 0.6 is 11.8 Å². The van der Waals surface area contributed by atoms with Crippen LogP contribution in [0.25, 0.3) is 0 Å². The predicted octanol–water partition coefficient (Wildman–Crippen LogP) is 4.71. The molecule has 0 N–H and O–H groups in total. The SMILES string of the molecule is Cc1ccc(CSc2nc3c(cc2C#N)C(=O)CC(C)(C)C3)cc1. The number of Topliss-reactive ketones (excluding diaryl/α,β-unsaturated/α-hetero) is 1. The number of rotatable bonds is 3. The topological polar surface area (TPSA) is 53.8 Å². The first-order valence-electron chi connectivity index (χ1n) is 8.03. The first-order chi connectivity index (χ1) is 11.4. The van der Waals surface area contributed by atoms with Gasteiger partial charge in [-0.15, -0.1) is 11.8 Å². The number of ketones is 1. The van der Waals surface area contributed by atoms with Gasteiger partial charge in [0.2, 0.25) is 0 Å². The first kappa shape index (κ1) is 16.7. The van der Waals surface area contributed by atoms with Gasteiger partial charge in [0.1, 0.15) is 11.1 Å². The molecule has 1 aliphatic carbocycles. The first-order valence-corrected chi connectivity index (χ1v) is 9.02. The van der Waals surface area contributed by atoms with Crippen LogP contribution in [0.2, 0.25) is 0 Å². The third-order valence-corrected chi connectivity index (χ3v) is 5.33. The third kappa shape index (κ3) is 3.52. The van der Waals surface area contributed by atoms with Crippen molar-refractivity contribution in [3.63, 3.8) is 0 Å². The maximum Gasteiger partial charge on any atom is 0.165 e. The van der Waals surface area contributed by atoms with Gasteiger partial charge in [0.25, 0.3) is 0 Å². The Bertz CT molecular complexity index is 832. The quantitative estimate of drug-likeness (QED) is 0.762. The van der Waals surface area contributed by atoms with Gasteiger partial charge in [0.15, 0.2) is 5.78 Å². The maximum absolute atomic E-state index is 12.3. The van der Waals surface area contributed by atoms with Crippen LogP contribution in [-0.2, 0) is 12.2 Å². The van der Waals surface area contributed by atoms with Crippen molar-refractivity contribution in [2.24, 2.45) is 5.41 Å². The normalized spacial score (nSPS) is 15.7. The second-order valence-electron chi connectivity index (χ2n) is 7.16. The Morgan fingerprint density at radius 1 is 1.25 bits per heavy atom. The van der Waals surface area contributed by atoms with Gasteiger partial charge in [0, 0.05) is 17.7 Å². The largest absolute Gasteiger partial charge is 0.294 e. The molecule has 0 radical (unpaired) electrons. The molecule has 2 aromatic rings. The second-order valence-corrected chi connectivity index (χ2v) is 8.13. The molecule has 122 valence electrons. The summed E-state index contributed by atoms with van der Waals surface area (Å²) in [5, 5.41) is 10.2. The van der Waals surface area contributed by atoms with Gasteiger partial charge in [0.05, 0.1) is 11.3 Å². The lowest BCUT2D eigenvalue weighted by Crippen LogP contribution is -2.28. The van der Waals surface area contributed by atoms with E-state index in [0.29, 0.717) is 17.5 Å². The zero-order valence-electron chi connectivity index (χ0n) is 14.2. The highest BCUT2D eigenvalue weighted by molar-refractivity contribution is 7.98. The van der Waals surface area contributed by atoms with Crippen LogP contribution in [0, 0.1) is 23.7 Å². The molecule has 0 saturated carbocycles. The fourth-order valence-electron chi connectivity index (χ4n) is 2.98. The third-order valence-electron chi connectivity index (χ3n) is 4.27. The van der Waals surface area contributed by atoms with E-state index in [1.807, 2.05) is 0 Å². The molecule has 4 heteroatoms. The summed E-state index contributed by atoms with van der Waals surface area (Å²) >= 11 is 1.56. The zero-order chi connectivity index (χ0) is 17.3. The summed E-state index contributed by atoms with van der Waals surface area (Å²) in [6.45, 7) is 6.24. The molecule has 0 atom stereocenters. The van der Waals surface area contributed by atoms with Crippen molar-refractivity contribution in [1.29, 1.82) is 5.26 Å². The van der Waals surface area contributed by atoms with Crippen LogP contribution in [0.15, 0.2) is 35.4 Å². The Balaban J connectivity index is 1.89. The number of benzene rings is 1. The van der Waals surface area contributed by atoms with Gasteiger partial charge in [-0.1, -0.05) is 43.7 Å². The van der Waals surface area contributed by atoms with Gasteiger partial charge in [-0.05, 0) is 30.4 Å². The number of aryl methyl sites for hydroxylation is 1. The van der Waals surface area contributed by atoms with Crippen molar-refractivity contribution in [2.75, 3.05) is 0 Å². The lowest BCUT2D eigenvalue weighted by Gasteiger charge is -2.29. The number of hydrogen-bond acceptors (Lipinski definition) is 4. The second kappa shape index (κ2) is 6.41. The van der Waals surface area contributed by atoms with Gasteiger partial charge >= 0.3 is 0 Å². The zero-order valence-corrected chi connectivity index (χ0v) is 15.0. The Hall–Kier alpha value is -2.12. The molecule has 0 amide bonds. The lowest BCUT2D eigenvalue weighted by molar-refractivity contribution is 0.0909. The van der Waals surface area contributed by atoms with Crippen LogP contribution < -0.4 is 0 Å². The van der Waals surface area contributed by atoms with E-state index in [1.54, 1.807) is 17.8 Å². The number of carbonyl (C=O) groups is 1. The summed E-state index contributed by atoms with van der Waals surface area (Å²) in [6.07, 6.45) is 1.29. The summed E-state index contributed by atoms with van der Waals surface area (Å²) in [4.78, 5) is 17.0. The van der Waals surface area contributed by atoms with Gasteiger partial charge in [-0.2, -0.15) is 5.26 Å². The molecule has 1 heterocycles.